The van der Waals surface area contributed by atoms with E-state index >= 15 is 0 Å². The van der Waals surface area contributed by atoms with E-state index in [0.717, 1.165) is 16.4 Å². The number of nitro groups is 1. The zero-order valence-corrected chi connectivity index (χ0v) is 13.6. The van der Waals surface area contributed by atoms with Gasteiger partial charge in [0, 0.05) is 21.9 Å². The van der Waals surface area contributed by atoms with Crippen molar-refractivity contribution in [1.82, 2.24) is 19.7 Å². The molecule has 0 atom stereocenters. The lowest BCUT2D eigenvalue weighted by Crippen LogP contribution is -2.05. The average molecular weight is 375 g/mol. The van der Waals surface area contributed by atoms with Gasteiger partial charge in [0.05, 0.1) is 4.92 Å². The van der Waals surface area contributed by atoms with Crippen LogP contribution in [0.15, 0.2) is 47.2 Å². The Kier molecular flexibility index (Phi) is 4.02. The Morgan fingerprint density at radius 3 is 2.65 bits per heavy atom. The summed E-state index contributed by atoms with van der Waals surface area (Å²) in [6.07, 6.45) is 2.44. The minimum Gasteiger partial charge on any atom is -0.340 e. The van der Waals surface area contributed by atoms with Gasteiger partial charge >= 0.3 is 5.69 Å². The maximum atomic E-state index is 10.7. The van der Waals surface area contributed by atoms with E-state index < -0.39 is 4.92 Å². The quantitative estimate of drug-likeness (QED) is 0.554. The first kappa shape index (κ1) is 15.1. The highest BCUT2D eigenvalue weighted by molar-refractivity contribution is 9.10. The number of nitrogens with one attached hydrogen (secondary N) is 1. The molecule has 8 nitrogen and oxygen atoms in total. The van der Waals surface area contributed by atoms with Gasteiger partial charge in [0.1, 0.15) is 18.2 Å². The van der Waals surface area contributed by atoms with Gasteiger partial charge in [-0.2, -0.15) is 14.8 Å². The van der Waals surface area contributed by atoms with Gasteiger partial charge in [0.15, 0.2) is 0 Å². The summed E-state index contributed by atoms with van der Waals surface area (Å²) < 4.78 is 2.25. The summed E-state index contributed by atoms with van der Waals surface area (Å²) in [5.74, 6) is 0.839. The summed E-state index contributed by atoms with van der Waals surface area (Å²) >= 11 is 3.38. The number of halogens is 1. The Hall–Kier alpha value is -2.81. The summed E-state index contributed by atoms with van der Waals surface area (Å²) in [5, 5.41) is 17.8. The summed E-state index contributed by atoms with van der Waals surface area (Å²) in [7, 11) is 0. The normalized spacial score (nSPS) is 10.5. The summed E-state index contributed by atoms with van der Waals surface area (Å²) in [6.45, 7) is 1.82. The topological polar surface area (TPSA) is 98.8 Å². The largest absolute Gasteiger partial charge is 0.340 e. The van der Waals surface area contributed by atoms with Crippen molar-refractivity contribution in [3.05, 3.63) is 63.0 Å². The molecule has 0 aliphatic rings. The van der Waals surface area contributed by atoms with Crippen LogP contribution in [0.3, 0.4) is 0 Å². The zero-order valence-electron chi connectivity index (χ0n) is 12.0. The third-order valence-corrected chi connectivity index (χ3v) is 3.47. The molecule has 3 rings (SSSR count). The monoisotopic (exact) mass is 374 g/mol. The van der Waals surface area contributed by atoms with E-state index in [1.165, 1.54) is 10.9 Å². The Bertz CT molecular complexity index is 862. The molecule has 0 aliphatic carbocycles. The van der Waals surface area contributed by atoms with E-state index in [0.29, 0.717) is 11.5 Å². The minimum atomic E-state index is -0.514. The second kappa shape index (κ2) is 6.13. The Labute approximate surface area is 139 Å². The lowest BCUT2D eigenvalue weighted by atomic mass is 10.3. The molecule has 0 saturated heterocycles. The number of hydrogen-bond acceptors (Lipinski definition) is 6. The highest BCUT2D eigenvalue weighted by Gasteiger charge is 2.12. The van der Waals surface area contributed by atoms with Crippen LogP contribution < -0.4 is 5.32 Å². The fourth-order valence-electron chi connectivity index (χ4n) is 1.92. The van der Waals surface area contributed by atoms with Crippen LogP contribution in [-0.4, -0.2) is 24.7 Å². The zero-order chi connectivity index (χ0) is 16.4. The highest BCUT2D eigenvalue weighted by Crippen LogP contribution is 2.19. The number of rotatable bonds is 4. The van der Waals surface area contributed by atoms with Crippen LogP contribution in [-0.2, 0) is 0 Å². The molecule has 0 amide bonds. The minimum absolute atomic E-state index is 0.113. The van der Waals surface area contributed by atoms with Gasteiger partial charge in [-0.1, -0.05) is 15.9 Å². The van der Waals surface area contributed by atoms with Crippen LogP contribution in [0.5, 0.6) is 0 Å². The average Bonchev–Trinajstić information content (AvgIpc) is 2.99. The molecule has 23 heavy (non-hydrogen) atoms. The number of aryl methyl sites for hydroxylation is 1. The van der Waals surface area contributed by atoms with Crippen LogP contribution in [0.2, 0.25) is 0 Å². The SMILES string of the molecule is Cc1cc(Nc2ccc(Br)cc2)nc(-n2cc([N+](=O)[O-])cn2)n1. The second-order valence-corrected chi connectivity index (χ2v) is 5.64. The number of benzene rings is 1. The van der Waals surface area contributed by atoms with Gasteiger partial charge in [0.2, 0.25) is 0 Å². The molecule has 1 N–H and O–H groups in total. The number of hydrogen-bond donors (Lipinski definition) is 1. The molecule has 3 aromatic rings. The molecule has 0 saturated carbocycles. The predicted molar refractivity (Wildman–Crippen MR) is 88.0 cm³/mol. The van der Waals surface area contributed by atoms with E-state index in [4.69, 9.17) is 0 Å². The smallest absolute Gasteiger partial charge is 0.307 e. The molecule has 9 heteroatoms. The van der Waals surface area contributed by atoms with Crippen molar-refractivity contribution in [3.63, 3.8) is 0 Å². The Balaban J connectivity index is 1.92. The van der Waals surface area contributed by atoms with E-state index in [1.807, 2.05) is 31.2 Å². The fourth-order valence-corrected chi connectivity index (χ4v) is 2.18. The molecule has 2 heterocycles. The molecule has 116 valence electrons. The van der Waals surface area contributed by atoms with Crippen LogP contribution in [0.1, 0.15) is 5.69 Å². The number of nitrogens with zero attached hydrogens (tertiary/aromatic N) is 5. The molecule has 2 aromatic heterocycles. The highest BCUT2D eigenvalue weighted by atomic mass is 79.9. The van der Waals surface area contributed by atoms with Crippen LogP contribution in [0.4, 0.5) is 17.2 Å². The van der Waals surface area contributed by atoms with Crippen molar-refractivity contribution in [2.75, 3.05) is 5.32 Å². The van der Waals surface area contributed by atoms with Crippen molar-refractivity contribution in [2.24, 2.45) is 0 Å². The standard InChI is InChI=1S/C14H11BrN6O2/c1-9-6-13(18-11-4-2-10(15)3-5-11)19-14(17-9)20-8-12(7-16-20)21(22)23/h2-8H,1H3,(H,17,18,19). The van der Waals surface area contributed by atoms with Crippen molar-refractivity contribution >= 4 is 33.1 Å². The van der Waals surface area contributed by atoms with Gasteiger partial charge in [-0.3, -0.25) is 10.1 Å². The van der Waals surface area contributed by atoms with Gasteiger partial charge in [0.25, 0.3) is 5.95 Å². The third kappa shape index (κ3) is 3.51. The second-order valence-electron chi connectivity index (χ2n) is 4.73. The molecule has 0 bridgehead atoms. The van der Waals surface area contributed by atoms with Gasteiger partial charge < -0.3 is 5.32 Å². The summed E-state index contributed by atoms with van der Waals surface area (Å²) in [5.41, 5.74) is 1.47. The first-order valence-electron chi connectivity index (χ1n) is 6.59. The first-order valence-corrected chi connectivity index (χ1v) is 7.38. The van der Waals surface area contributed by atoms with Gasteiger partial charge in [-0.15, -0.1) is 0 Å². The summed E-state index contributed by atoms with van der Waals surface area (Å²) in [6, 6.07) is 9.41. The molecule has 0 unspecified atom stereocenters. The molecule has 0 radical (unpaired) electrons. The Morgan fingerprint density at radius 1 is 1.26 bits per heavy atom. The number of aromatic nitrogens is 4. The van der Waals surface area contributed by atoms with E-state index in [-0.39, 0.29) is 11.6 Å². The van der Waals surface area contributed by atoms with Crippen LogP contribution in [0, 0.1) is 17.0 Å². The molecule has 0 spiro atoms. The van der Waals surface area contributed by atoms with Crippen molar-refractivity contribution in [2.45, 2.75) is 6.92 Å². The fraction of sp³-hybridized carbons (Fsp3) is 0.0714. The lowest BCUT2D eigenvalue weighted by molar-refractivity contribution is -0.384. The molecule has 1 aromatic carbocycles. The maximum absolute atomic E-state index is 10.7. The predicted octanol–water partition coefficient (Wildman–Crippen LogP) is 3.39. The van der Waals surface area contributed by atoms with Crippen LogP contribution in [0.25, 0.3) is 5.95 Å². The number of anilines is 2. The lowest BCUT2D eigenvalue weighted by Gasteiger charge is -2.08. The van der Waals surface area contributed by atoms with Crippen molar-refractivity contribution < 1.29 is 4.92 Å². The van der Waals surface area contributed by atoms with Gasteiger partial charge in [-0.05, 0) is 31.2 Å². The third-order valence-electron chi connectivity index (χ3n) is 2.94. The summed E-state index contributed by atoms with van der Waals surface area (Å²) in [4.78, 5) is 18.8. The van der Waals surface area contributed by atoms with Gasteiger partial charge in [-0.25, -0.2) is 4.98 Å². The molecule has 0 fully saturated rings. The van der Waals surface area contributed by atoms with Crippen molar-refractivity contribution in [3.8, 4) is 5.95 Å². The Morgan fingerprint density at radius 2 is 2.00 bits per heavy atom. The van der Waals surface area contributed by atoms with E-state index in [9.17, 15) is 10.1 Å². The van der Waals surface area contributed by atoms with E-state index in [2.05, 4.69) is 36.3 Å². The molecular formula is C14H11BrN6O2. The van der Waals surface area contributed by atoms with Crippen molar-refractivity contribution in [1.29, 1.82) is 0 Å². The molecular weight excluding hydrogens is 364 g/mol. The first-order chi connectivity index (χ1) is 11.0. The van der Waals surface area contributed by atoms with E-state index in [1.54, 1.807) is 6.07 Å². The molecule has 0 aliphatic heterocycles. The maximum Gasteiger partial charge on any atom is 0.307 e. The van der Waals surface area contributed by atoms with Crippen LogP contribution >= 0.6 is 15.9 Å².